The number of rotatable bonds is 3. The first kappa shape index (κ1) is 16.2. The van der Waals surface area contributed by atoms with Crippen molar-refractivity contribution < 1.29 is 31.6 Å². The Balaban J connectivity index is 2.33. The van der Waals surface area contributed by atoms with Crippen LogP contribution in [0, 0.1) is 10.1 Å². The zero-order chi connectivity index (χ0) is 16.5. The van der Waals surface area contributed by atoms with Crippen LogP contribution in [0.3, 0.4) is 0 Å². The number of non-ortho nitro benzene ring substituents is 1. The first-order valence-corrected chi connectivity index (χ1v) is 6.24. The van der Waals surface area contributed by atoms with Gasteiger partial charge in [-0.05, 0) is 6.07 Å². The summed E-state index contributed by atoms with van der Waals surface area (Å²) in [6, 6.07) is 2.57. The lowest BCUT2D eigenvalue weighted by atomic mass is 10.1. The lowest BCUT2D eigenvalue weighted by molar-refractivity contribution is -0.384. The number of hydrogen-bond acceptors (Lipinski definition) is 4. The van der Waals surface area contributed by atoms with Crippen molar-refractivity contribution in [3.05, 3.63) is 28.3 Å². The summed E-state index contributed by atoms with van der Waals surface area (Å²) < 4.78 is 67.2. The van der Waals surface area contributed by atoms with Gasteiger partial charge in [0.25, 0.3) is 11.6 Å². The molecule has 0 radical (unpaired) electrons. The number of hydrogen-bond donors (Lipinski definition) is 0. The minimum atomic E-state index is -4.98. The van der Waals surface area contributed by atoms with Crippen LogP contribution in [0.1, 0.15) is 12.8 Å². The summed E-state index contributed by atoms with van der Waals surface area (Å²) in [4.78, 5) is 11.2. The van der Waals surface area contributed by atoms with Gasteiger partial charge < -0.3 is 9.64 Å². The Morgan fingerprint density at radius 3 is 2.32 bits per heavy atom. The van der Waals surface area contributed by atoms with Crippen molar-refractivity contribution in [3.8, 4) is 5.75 Å². The molecule has 1 saturated heterocycles. The molecule has 0 unspecified atom stereocenters. The second-order valence-electron chi connectivity index (χ2n) is 4.80. The number of piperidine rings is 1. The Kier molecular flexibility index (Phi) is 4.12. The number of nitrogens with zero attached hydrogens (tertiary/aromatic N) is 2. The van der Waals surface area contributed by atoms with E-state index in [1.807, 2.05) is 0 Å². The van der Waals surface area contributed by atoms with Crippen molar-refractivity contribution in [1.29, 1.82) is 0 Å². The molecule has 1 fully saturated rings. The van der Waals surface area contributed by atoms with Crippen LogP contribution in [0.5, 0.6) is 5.75 Å². The van der Waals surface area contributed by atoms with Crippen LogP contribution in [0.2, 0.25) is 0 Å². The van der Waals surface area contributed by atoms with E-state index < -0.39 is 41.5 Å². The molecule has 10 heteroatoms. The molecule has 0 saturated carbocycles. The molecule has 1 aliphatic heterocycles. The molecule has 1 aliphatic rings. The fourth-order valence-corrected chi connectivity index (χ4v) is 2.15. The highest BCUT2D eigenvalue weighted by Crippen LogP contribution is 2.39. The second kappa shape index (κ2) is 5.58. The molecule has 0 N–H and O–H groups in total. The van der Waals surface area contributed by atoms with Gasteiger partial charge in [-0.2, -0.15) is 0 Å². The predicted octanol–water partition coefficient (Wildman–Crippen LogP) is 3.73. The van der Waals surface area contributed by atoms with E-state index in [9.17, 15) is 32.1 Å². The maximum absolute atomic E-state index is 13.1. The molecule has 0 aliphatic carbocycles. The molecule has 0 atom stereocenters. The summed E-state index contributed by atoms with van der Waals surface area (Å²) in [6.45, 7) is -0.440. The molecule has 2 rings (SSSR count). The molecular formula is C12H11F5N2O3. The third-order valence-electron chi connectivity index (χ3n) is 3.21. The highest BCUT2D eigenvalue weighted by molar-refractivity contribution is 5.63. The Hall–Kier alpha value is -2.13. The molecule has 1 heterocycles. The van der Waals surface area contributed by atoms with Crippen LogP contribution in [-0.4, -0.2) is 30.3 Å². The SMILES string of the molecule is O=[N+]([O-])c1ccc(OC(F)(F)F)c(N2CCC(F)(F)CC2)c1. The zero-order valence-corrected chi connectivity index (χ0v) is 11.1. The number of benzene rings is 1. The summed E-state index contributed by atoms with van der Waals surface area (Å²) in [6.07, 6.45) is -6.06. The van der Waals surface area contributed by atoms with Crippen LogP contribution in [0.25, 0.3) is 0 Å². The maximum Gasteiger partial charge on any atom is 0.573 e. The van der Waals surface area contributed by atoms with Crippen LogP contribution in [-0.2, 0) is 0 Å². The molecule has 0 spiro atoms. The van der Waals surface area contributed by atoms with Crippen molar-refractivity contribution in [2.45, 2.75) is 25.1 Å². The molecule has 5 nitrogen and oxygen atoms in total. The summed E-state index contributed by atoms with van der Waals surface area (Å²) in [5.41, 5.74) is -0.663. The monoisotopic (exact) mass is 326 g/mol. The van der Waals surface area contributed by atoms with E-state index in [0.29, 0.717) is 0 Å². The minimum absolute atomic E-state index is 0.220. The molecule has 0 amide bonds. The maximum atomic E-state index is 13.1. The third kappa shape index (κ3) is 3.95. The fraction of sp³-hybridized carbons (Fsp3) is 0.500. The molecule has 22 heavy (non-hydrogen) atoms. The van der Waals surface area contributed by atoms with Crippen LogP contribution in [0.15, 0.2) is 18.2 Å². The van der Waals surface area contributed by atoms with Crippen molar-refractivity contribution >= 4 is 11.4 Å². The number of nitro groups is 1. The van der Waals surface area contributed by atoms with Gasteiger partial charge in [0.1, 0.15) is 0 Å². The number of halogens is 5. The highest BCUT2D eigenvalue weighted by atomic mass is 19.4. The van der Waals surface area contributed by atoms with E-state index in [1.165, 1.54) is 4.90 Å². The zero-order valence-electron chi connectivity index (χ0n) is 11.1. The first-order valence-electron chi connectivity index (χ1n) is 6.24. The van der Waals surface area contributed by atoms with E-state index >= 15 is 0 Å². The summed E-state index contributed by atoms with van der Waals surface area (Å²) >= 11 is 0. The Bertz CT molecular complexity index is 566. The van der Waals surface area contributed by atoms with Gasteiger partial charge >= 0.3 is 6.36 Å². The third-order valence-corrected chi connectivity index (χ3v) is 3.21. The van der Waals surface area contributed by atoms with Gasteiger partial charge in [0.05, 0.1) is 10.6 Å². The van der Waals surface area contributed by atoms with Gasteiger partial charge in [0, 0.05) is 38.1 Å². The topological polar surface area (TPSA) is 55.6 Å². The van der Waals surface area contributed by atoms with E-state index in [2.05, 4.69) is 4.74 Å². The standard InChI is InChI=1S/C12H11F5N2O3/c13-11(14)3-5-18(6-4-11)9-7-8(19(20)21)1-2-10(9)22-12(15,16)17/h1-2,7H,3-6H2. The lowest BCUT2D eigenvalue weighted by Crippen LogP contribution is -2.39. The Labute approximate surface area is 121 Å². The molecule has 122 valence electrons. The smallest absolute Gasteiger partial charge is 0.404 e. The van der Waals surface area contributed by atoms with Gasteiger partial charge in [-0.1, -0.05) is 0 Å². The van der Waals surface area contributed by atoms with Crippen molar-refractivity contribution in [1.82, 2.24) is 0 Å². The lowest BCUT2D eigenvalue weighted by Gasteiger charge is -2.34. The molecule has 1 aromatic carbocycles. The summed E-state index contributed by atoms with van der Waals surface area (Å²) in [5.74, 6) is -3.54. The Morgan fingerprint density at radius 2 is 1.82 bits per heavy atom. The average molecular weight is 326 g/mol. The first-order chi connectivity index (χ1) is 10.1. The van der Waals surface area contributed by atoms with E-state index in [4.69, 9.17) is 0 Å². The van der Waals surface area contributed by atoms with Gasteiger partial charge in [0.15, 0.2) is 5.75 Å². The quantitative estimate of drug-likeness (QED) is 0.482. The van der Waals surface area contributed by atoms with Crippen LogP contribution < -0.4 is 9.64 Å². The number of alkyl halides is 5. The summed E-state index contributed by atoms with van der Waals surface area (Å²) in [5, 5.41) is 10.7. The second-order valence-corrected chi connectivity index (χ2v) is 4.80. The highest BCUT2D eigenvalue weighted by Gasteiger charge is 2.37. The van der Waals surface area contributed by atoms with Gasteiger partial charge in [-0.15, -0.1) is 13.2 Å². The average Bonchev–Trinajstić information content (AvgIpc) is 2.37. The number of anilines is 1. The summed E-state index contributed by atoms with van der Waals surface area (Å²) in [7, 11) is 0. The predicted molar refractivity (Wildman–Crippen MR) is 66.2 cm³/mol. The van der Waals surface area contributed by atoms with Crippen LogP contribution >= 0.6 is 0 Å². The van der Waals surface area contributed by atoms with E-state index in [0.717, 1.165) is 18.2 Å². The Morgan fingerprint density at radius 1 is 1.23 bits per heavy atom. The van der Waals surface area contributed by atoms with E-state index in [1.54, 1.807) is 0 Å². The van der Waals surface area contributed by atoms with E-state index in [-0.39, 0.29) is 18.8 Å². The van der Waals surface area contributed by atoms with Crippen LogP contribution in [0.4, 0.5) is 33.3 Å². The normalized spacial score (nSPS) is 18.1. The largest absolute Gasteiger partial charge is 0.573 e. The van der Waals surface area contributed by atoms with Crippen molar-refractivity contribution in [2.75, 3.05) is 18.0 Å². The number of nitro benzene ring substituents is 1. The van der Waals surface area contributed by atoms with Gasteiger partial charge in [-0.3, -0.25) is 10.1 Å². The molecular weight excluding hydrogens is 315 g/mol. The van der Waals surface area contributed by atoms with Gasteiger partial charge in [-0.25, -0.2) is 8.78 Å². The minimum Gasteiger partial charge on any atom is -0.404 e. The van der Waals surface area contributed by atoms with Gasteiger partial charge in [0.2, 0.25) is 0 Å². The molecule has 1 aromatic rings. The molecule has 0 aromatic heterocycles. The fourth-order valence-electron chi connectivity index (χ4n) is 2.15. The van der Waals surface area contributed by atoms with Crippen molar-refractivity contribution in [2.24, 2.45) is 0 Å². The van der Waals surface area contributed by atoms with Crippen molar-refractivity contribution in [3.63, 3.8) is 0 Å². The molecule has 0 bridgehead atoms. The number of ether oxygens (including phenoxy) is 1.